The molecule has 2 rings (SSSR count). The number of aromatic amines is 1. The standard InChI is InChI=1S/C11H12N2O2/c14-11(10-1-3-12-9-10)2-4-13-5-7-15-8-6-13/h1,3,9,12H,5-8H2. The molecule has 1 aliphatic heterocycles. The predicted octanol–water partition coefficient (Wildman–Crippen LogP) is 0.490. The largest absolute Gasteiger partial charge is 0.378 e. The summed E-state index contributed by atoms with van der Waals surface area (Å²) in [5.74, 6) is 2.47. The lowest BCUT2D eigenvalue weighted by Crippen LogP contribution is -2.32. The van der Waals surface area contributed by atoms with Crippen LogP contribution in [0.4, 0.5) is 0 Å². The smallest absolute Gasteiger partial charge is 0.239 e. The molecule has 1 saturated heterocycles. The van der Waals surface area contributed by atoms with Gasteiger partial charge in [-0.3, -0.25) is 4.79 Å². The number of Topliss-reactive ketones (excluding diaryl/α,β-unsaturated/α-hetero) is 1. The Morgan fingerprint density at radius 1 is 1.47 bits per heavy atom. The monoisotopic (exact) mass is 204 g/mol. The molecule has 4 nitrogen and oxygen atoms in total. The number of H-pyrrole nitrogens is 1. The third kappa shape index (κ3) is 2.61. The van der Waals surface area contributed by atoms with Gasteiger partial charge in [-0.25, -0.2) is 0 Å². The van der Waals surface area contributed by atoms with E-state index in [0.717, 1.165) is 13.1 Å². The maximum absolute atomic E-state index is 11.5. The first-order chi connectivity index (χ1) is 7.36. The van der Waals surface area contributed by atoms with Gasteiger partial charge in [-0.15, -0.1) is 0 Å². The van der Waals surface area contributed by atoms with Crippen LogP contribution in [-0.2, 0) is 4.74 Å². The number of hydrogen-bond acceptors (Lipinski definition) is 3. The fourth-order valence-corrected chi connectivity index (χ4v) is 1.34. The first kappa shape index (κ1) is 9.81. The van der Waals surface area contributed by atoms with Crippen LogP contribution in [0.25, 0.3) is 0 Å². The summed E-state index contributed by atoms with van der Waals surface area (Å²) in [5.41, 5.74) is 0.607. The van der Waals surface area contributed by atoms with Crippen LogP contribution in [0, 0.1) is 12.0 Å². The Bertz CT molecular complexity index is 380. The maximum Gasteiger partial charge on any atom is 0.239 e. The van der Waals surface area contributed by atoms with E-state index in [2.05, 4.69) is 16.9 Å². The van der Waals surface area contributed by atoms with Crippen molar-refractivity contribution in [2.45, 2.75) is 0 Å². The SMILES string of the molecule is O=C(C#CN1CCOCC1)c1cc[nH]c1. The number of ether oxygens (including phenoxy) is 1. The molecule has 1 fully saturated rings. The molecular weight excluding hydrogens is 192 g/mol. The van der Waals surface area contributed by atoms with Gasteiger partial charge in [0.15, 0.2) is 0 Å². The highest BCUT2D eigenvalue weighted by molar-refractivity contribution is 6.08. The zero-order valence-electron chi connectivity index (χ0n) is 8.32. The highest BCUT2D eigenvalue weighted by atomic mass is 16.5. The van der Waals surface area contributed by atoms with Gasteiger partial charge in [0.1, 0.15) is 0 Å². The molecule has 4 heteroatoms. The maximum atomic E-state index is 11.5. The molecule has 1 aliphatic rings. The fourth-order valence-electron chi connectivity index (χ4n) is 1.34. The molecule has 1 aromatic rings. The summed E-state index contributed by atoms with van der Waals surface area (Å²) in [5, 5.41) is 0. The molecule has 78 valence electrons. The minimum atomic E-state index is -0.150. The summed E-state index contributed by atoms with van der Waals surface area (Å²) in [6, 6.07) is 4.57. The Labute approximate surface area is 88.2 Å². The van der Waals surface area contributed by atoms with E-state index in [0.29, 0.717) is 18.8 Å². The molecule has 0 radical (unpaired) electrons. The van der Waals surface area contributed by atoms with Gasteiger partial charge in [-0.2, -0.15) is 0 Å². The predicted molar refractivity (Wildman–Crippen MR) is 55.3 cm³/mol. The number of carbonyl (C=O) groups excluding carboxylic acids is 1. The molecule has 0 atom stereocenters. The summed E-state index contributed by atoms with van der Waals surface area (Å²) in [6.07, 6.45) is 3.36. The van der Waals surface area contributed by atoms with Gasteiger partial charge in [-0.1, -0.05) is 0 Å². The Balaban J connectivity index is 1.96. The first-order valence-electron chi connectivity index (χ1n) is 4.88. The minimum Gasteiger partial charge on any atom is -0.378 e. The van der Waals surface area contributed by atoms with Gasteiger partial charge in [-0.05, 0) is 12.0 Å². The van der Waals surface area contributed by atoms with Crippen molar-refractivity contribution in [1.82, 2.24) is 9.88 Å². The normalized spacial score (nSPS) is 15.6. The molecule has 1 aromatic heterocycles. The second-order valence-electron chi connectivity index (χ2n) is 3.27. The van der Waals surface area contributed by atoms with Gasteiger partial charge < -0.3 is 14.6 Å². The summed E-state index contributed by atoms with van der Waals surface area (Å²) < 4.78 is 5.18. The summed E-state index contributed by atoms with van der Waals surface area (Å²) >= 11 is 0. The average molecular weight is 204 g/mol. The van der Waals surface area contributed by atoms with Gasteiger partial charge in [0.05, 0.1) is 13.2 Å². The van der Waals surface area contributed by atoms with Crippen LogP contribution in [0.2, 0.25) is 0 Å². The van der Waals surface area contributed by atoms with Crippen molar-refractivity contribution in [1.29, 1.82) is 0 Å². The summed E-state index contributed by atoms with van der Waals surface area (Å²) in [6.45, 7) is 2.92. The second-order valence-corrected chi connectivity index (χ2v) is 3.27. The van der Waals surface area contributed by atoms with Crippen LogP contribution in [-0.4, -0.2) is 42.0 Å². The molecule has 0 saturated carbocycles. The topological polar surface area (TPSA) is 45.3 Å². The number of nitrogens with one attached hydrogen (secondary N) is 1. The van der Waals surface area contributed by atoms with E-state index < -0.39 is 0 Å². The zero-order valence-corrected chi connectivity index (χ0v) is 8.32. The molecule has 0 spiro atoms. The Hall–Kier alpha value is -1.73. The van der Waals surface area contributed by atoms with Crippen LogP contribution < -0.4 is 0 Å². The van der Waals surface area contributed by atoms with Crippen molar-refractivity contribution >= 4 is 5.78 Å². The van der Waals surface area contributed by atoms with Crippen LogP contribution in [0.15, 0.2) is 18.5 Å². The van der Waals surface area contributed by atoms with E-state index in [1.54, 1.807) is 18.5 Å². The van der Waals surface area contributed by atoms with Gasteiger partial charge >= 0.3 is 0 Å². The Morgan fingerprint density at radius 3 is 2.93 bits per heavy atom. The van der Waals surface area contributed by atoms with Crippen molar-refractivity contribution in [3.63, 3.8) is 0 Å². The number of morpholine rings is 1. The van der Waals surface area contributed by atoms with Gasteiger partial charge in [0.2, 0.25) is 5.78 Å². The molecule has 0 aromatic carbocycles. The average Bonchev–Trinajstić information content (AvgIpc) is 2.81. The van der Waals surface area contributed by atoms with Crippen LogP contribution in [0.5, 0.6) is 0 Å². The van der Waals surface area contributed by atoms with Crippen LogP contribution >= 0.6 is 0 Å². The number of nitrogens with zero attached hydrogens (tertiary/aromatic N) is 1. The lowest BCUT2D eigenvalue weighted by Gasteiger charge is -2.22. The van der Waals surface area contributed by atoms with E-state index in [4.69, 9.17) is 4.74 Å². The number of aromatic nitrogens is 1. The lowest BCUT2D eigenvalue weighted by atomic mass is 10.2. The number of rotatable bonds is 1. The highest BCUT2D eigenvalue weighted by Crippen LogP contribution is 1.98. The Morgan fingerprint density at radius 2 is 2.27 bits per heavy atom. The number of hydrogen-bond donors (Lipinski definition) is 1. The molecule has 0 bridgehead atoms. The lowest BCUT2D eigenvalue weighted by molar-refractivity contribution is 0.0637. The highest BCUT2D eigenvalue weighted by Gasteiger charge is 2.06. The van der Waals surface area contributed by atoms with E-state index in [-0.39, 0.29) is 5.78 Å². The fraction of sp³-hybridized carbons (Fsp3) is 0.364. The molecule has 2 heterocycles. The molecule has 15 heavy (non-hydrogen) atoms. The molecule has 0 unspecified atom stereocenters. The van der Waals surface area contributed by atoms with Crippen LogP contribution in [0.3, 0.4) is 0 Å². The second kappa shape index (κ2) is 4.67. The van der Waals surface area contributed by atoms with Crippen molar-refractivity contribution in [3.05, 3.63) is 24.0 Å². The summed E-state index contributed by atoms with van der Waals surface area (Å²) in [7, 11) is 0. The van der Waals surface area contributed by atoms with E-state index >= 15 is 0 Å². The quantitative estimate of drug-likeness (QED) is 0.535. The molecule has 0 aliphatic carbocycles. The minimum absolute atomic E-state index is 0.150. The van der Waals surface area contributed by atoms with Gasteiger partial charge in [0, 0.05) is 37.1 Å². The van der Waals surface area contributed by atoms with E-state index in [9.17, 15) is 4.79 Å². The first-order valence-corrected chi connectivity index (χ1v) is 4.88. The van der Waals surface area contributed by atoms with Gasteiger partial charge in [0.25, 0.3) is 0 Å². The van der Waals surface area contributed by atoms with Crippen molar-refractivity contribution in [2.24, 2.45) is 0 Å². The number of ketones is 1. The third-order valence-electron chi connectivity index (χ3n) is 2.20. The van der Waals surface area contributed by atoms with Crippen molar-refractivity contribution < 1.29 is 9.53 Å². The zero-order chi connectivity index (χ0) is 10.5. The van der Waals surface area contributed by atoms with E-state index in [1.165, 1.54) is 0 Å². The van der Waals surface area contributed by atoms with Crippen LogP contribution in [0.1, 0.15) is 10.4 Å². The summed E-state index contributed by atoms with van der Waals surface area (Å²) in [4.78, 5) is 16.2. The Kier molecular flexibility index (Phi) is 3.05. The molecule has 1 N–H and O–H groups in total. The van der Waals surface area contributed by atoms with E-state index in [1.807, 2.05) is 4.90 Å². The van der Waals surface area contributed by atoms with Crippen molar-refractivity contribution in [3.8, 4) is 12.0 Å². The molecule has 0 amide bonds. The molecular formula is C11H12N2O2. The van der Waals surface area contributed by atoms with Crippen molar-refractivity contribution in [2.75, 3.05) is 26.3 Å². The number of carbonyl (C=O) groups is 1. The third-order valence-corrected chi connectivity index (χ3v) is 2.20.